The number of rotatable bonds is 2. The third kappa shape index (κ3) is 2.35. The zero-order valence-electron chi connectivity index (χ0n) is 10.9. The molecule has 0 spiro atoms. The summed E-state index contributed by atoms with van der Waals surface area (Å²) >= 11 is 0. The van der Waals surface area contributed by atoms with E-state index in [2.05, 4.69) is 5.32 Å². The molecule has 0 amide bonds. The van der Waals surface area contributed by atoms with Crippen molar-refractivity contribution >= 4 is 15.7 Å². The van der Waals surface area contributed by atoms with Gasteiger partial charge >= 0.3 is 0 Å². The average molecular weight is 282 g/mol. The van der Waals surface area contributed by atoms with Crippen molar-refractivity contribution in [3.05, 3.63) is 23.8 Å². The van der Waals surface area contributed by atoms with Gasteiger partial charge < -0.3 is 10.1 Å². The van der Waals surface area contributed by atoms with E-state index in [1.165, 1.54) is 9.87 Å². The molecule has 2 aliphatic heterocycles. The highest BCUT2D eigenvalue weighted by Crippen LogP contribution is 2.27. The molecule has 104 valence electrons. The Hall–Kier alpha value is -1.11. The van der Waals surface area contributed by atoms with Crippen LogP contribution in [0.3, 0.4) is 0 Å². The summed E-state index contributed by atoms with van der Waals surface area (Å²) in [5, 5.41) is 3.22. The van der Waals surface area contributed by atoms with Crippen LogP contribution in [0.4, 0.5) is 5.69 Å². The Morgan fingerprint density at radius 3 is 3.05 bits per heavy atom. The highest BCUT2D eigenvalue weighted by Gasteiger charge is 2.29. The maximum absolute atomic E-state index is 12.6. The summed E-state index contributed by atoms with van der Waals surface area (Å²) in [7, 11) is -3.40. The van der Waals surface area contributed by atoms with Crippen LogP contribution in [0.2, 0.25) is 0 Å². The Labute approximate surface area is 113 Å². The van der Waals surface area contributed by atoms with Crippen LogP contribution in [0.1, 0.15) is 12.5 Å². The van der Waals surface area contributed by atoms with E-state index >= 15 is 0 Å². The van der Waals surface area contributed by atoms with E-state index in [9.17, 15) is 8.42 Å². The highest BCUT2D eigenvalue weighted by atomic mass is 32.2. The standard InChI is InChI=1S/C13H18N2O3S/c1-10-9-15(6-7-18-10)19(16,17)12-3-2-11-4-5-14-13(11)8-12/h2-3,8,10,14H,4-7,9H2,1H3. The lowest BCUT2D eigenvalue weighted by atomic mass is 10.2. The monoisotopic (exact) mass is 282 g/mol. The first kappa shape index (κ1) is 12.9. The van der Waals surface area contributed by atoms with Gasteiger partial charge in [0.05, 0.1) is 17.6 Å². The van der Waals surface area contributed by atoms with E-state index < -0.39 is 10.0 Å². The summed E-state index contributed by atoms with van der Waals surface area (Å²) < 4.78 is 32.1. The maximum atomic E-state index is 12.6. The molecule has 1 unspecified atom stereocenters. The molecule has 1 aromatic carbocycles. The average Bonchev–Trinajstić information content (AvgIpc) is 2.85. The van der Waals surface area contributed by atoms with Crippen molar-refractivity contribution in [2.75, 3.05) is 31.6 Å². The summed E-state index contributed by atoms with van der Waals surface area (Å²) in [6.07, 6.45) is 0.917. The molecule has 1 fully saturated rings. The second-order valence-electron chi connectivity index (χ2n) is 5.04. The van der Waals surface area contributed by atoms with Crippen LogP contribution >= 0.6 is 0 Å². The first-order chi connectivity index (χ1) is 9.07. The number of fused-ring (bicyclic) bond motifs is 1. The lowest BCUT2D eigenvalue weighted by Gasteiger charge is -2.30. The third-order valence-corrected chi connectivity index (χ3v) is 5.49. The Balaban J connectivity index is 1.91. The van der Waals surface area contributed by atoms with Gasteiger partial charge in [-0.15, -0.1) is 0 Å². The Morgan fingerprint density at radius 1 is 1.42 bits per heavy atom. The van der Waals surface area contributed by atoms with Crippen molar-refractivity contribution in [1.29, 1.82) is 0 Å². The largest absolute Gasteiger partial charge is 0.384 e. The number of anilines is 1. The predicted octanol–water partition coefficient (Wildman–Crippen LogP) is 1.06. The summed E-state index contributed by atoms with van der Waals surface area (Å²) in [5.41, 5.74) is 2.14. The van der Waals surface area contributed by atoms with Crippen LogP contribution in [0.5, 0.6) is 0 Å². The Bertz CT molecular complexity index is 586. The van der Waals surface area contributed by atoms with E-state index in [0.717, 1.165) is 18.7 Å². The van der Waals surface area contributed by atoms with Crippen LogP contribution in [0.15, 0.2) is 23.1 Å². The summed E-state index contributed by atoms with van der Waals surface area (Å²) in [6.45, 7) is 4.09. The molecule has 5 nitrogen and oxygen atoms in total. The molecule has 1 N–H and O–H groups in total. The first-order valence-corrected chi connectivity index (χ1v) is 8.00. The van der Waals surface area contributed by atoms with Crippen LogP contribution in [-0.4, -0.2) is 45.1 Å². The molecule has 2 aliphatic rings. The van der Waals surface area contributed by atoms with Gasteiger partial charge in [-0.05, 0) is 31.0 Å². The Kier molecular flexibility index (Phi) is 3.24. The van der Waals surface area contributed by atoms with Crippen LogP contribution in [0, 0.1) is 0 Å². The Morgan fingerprint density at radius 2 is 2.26 bits per heavy atom. The quantitative estimate of drug-likeness (QED) is 0.881. The first-order valence-electron chi connectivity index (χ1n) is 6.56. The smallest absolute Gasteiger partial charge is 0.243 e. The molecule has 0 bridgehead atoms. The number of nitrogens with one attached hydrogen (secondary N) is 1. The van der Waals surface area contributed by atoms with Gasteiger partial charge in [-0.3, -0.25) is 0 Å². The van der Waals surface area contributed by atoms with Crippen LogP contribution in [0.25, 0.3) is 0 Å². The van der Waals surface area contributed by atoms with E-state index in [1.807, 2.05) is 13.0 Å². The molecule has 1 aromatic rings. The molecular formula is C13H18N2O3S. The number of ether oxygens (including phenoxy) is 1. The van der Waals surface area contributed by atoms with Gasteiger partial charge in [0.15, 0.2) is 0 Å². The number of hydrogen-bond acceptors (Lipinski definition) is 4. The lowest BCUT2D eigenvalue weighted by Crippen LogP contribution is -2.44. The SMILES string of the molecule is CC1CN(S(=O)(=O)c2ccc3c(c2)NCC3)CCO1. The zero-order chi connectivity index (χ0) is 13.5. The molecule has 1 saturated heterocycles. The van der Waals surface area contributed by atoms with Crippen LogP contribution < -0.4 is 5.32 Å². The number of hydrogen-bond donors (Lipinski definition) is 1. The summed E-state index contributed by atoms with van der Waals surface area (Å²) in [4.78, 5) is 0.370. The number of morpholine rings is 1. The number of benzene rings is 1. The summed E-state index contributed by atoms with van der Waals surface area (Å²) in [6, 6.07) is 5.37. The van der Waals surface area contributed by atoms with Crippen molar-refractivity contribution < 1.29 is 13.2 Å². The molecule has 0 radical (unpaired) electrons. The number of sulfonamides is 1. The van der Waals surface area contributed by atoms with Crippen molar-refractivity contribution in [2.45, 2.75) is 24.3 Å². The van der Waals surface area contributed by atoms with Gasteiger partial charge in [0, 0.05) is 25.3 Å². The molecule has 0 aromatic heterocycles. The molecule has 6 heteroatoms. The minimum absolute atomic E-state index is 0.0453. The van der Waals surface area contributed by atoms with Gasteiger partial charge in [0.25, 0.3) is 0 Å². The van der Waals surface area contributed by atoms with E-state index in [0.29, 0.717) is 24.6 Å². The molecule has 19 heavy (non-hydrogen) atoms. The highest BCUT2D eigenvalue weighted by molar-refractivity contribution is 7.89. The van der Waals surface area contributed by atoms with Gasteiger partial charge in [0.1, 0.15) is 0 Å². The molecule has 2 heterocycles. The van der Waals surface area contributed by atoms with Crippen molar-refractivity contribution in [3.8, 4) is 0 Å². The number of nitrogens with zero attached hydrogens (tertiary/aromatic N) is 1. The summed E-state index contributed by atoms with van der Waals surface area (Å²) in [5.74, 6) is 0. The lowest BCUT2D eigenvalue weighted by molar-refractivity contribution is 0.0102. The fourth-order valence-corrected chi connectivity index (χ4v) is 4.11. The topological polar surface area (TPSA) is 58.6 Å². The van der Waals surface area contributed by atoms with Gasteiger partial charge in [-0.25, -0.2) is 8.42 Å². The van der Waals surface area contributed by atoms with Crippen molar-refractivity contribution in [1.82, 2.24) is 4.31 Å². The third-order valence-electron chi connectivity index (χ3n) is 3.63. The molecule has 0 aliphatic carbocycles. The molecular weight excluding hydrogens is 264 g/mol. The van der Waals surface area contributed by atoms with E-state index in [-0.39, 0.29) is 6.10 Å². The second-order valence-corrected chi connectivity index (χ2v) is 6.98. The van der Waals surface area contributed by atoms with Crippen molar-refractivity contribution in [3.63, 3.8) is 0 Å². The van der Waals surface area contributed by atoms with Gasteiger partial charge in [-0.1, -0.05) is 6.07 Å². The van der Waals surface area contributed by atoms with Crippen molar-refractivity contribution in [2.24, 2.45) is 0 Å². The molecule has 0 saturated carbocycles. The minimum atomic E-state index is -3.40. The fraction of sp³-hybridized carbons (Fsp3) is 0.538. The minimum Gasteiger partial charge on any atom is -0.384 e. The van der Waals surface area contributed by atoms with E-state index in [1.54, 1.807) is 12.1 Å². The second kappa shape index (κ2) is 4.77. The normalized spacial score (nSPS) is 23.9. The van der Waals surface area contributed by atoms with Crippen LogP contribution in [-0.2, 0) is 21.2 Å². The van der Waals surface area contributed by atoms with Gasteiger partial charge in [0.2, 0.25) is 10.0 Å². The maximum Gasteiger partial charge on any atom is 0.243 e. The fourth-order valence-electron chi connectivity index (χ4n) is 2.58. The molecule has 3 rings (SSSR count). The zero-order valence-corrected chi connectivity index (χ0v) is 11.7. The predicted molar refractivity (Wildman–Crippen MR) is 72.8 cm³/mol. The molecule has 1 atom stereocenters. The van der Waals surface area contributed by atoms with Gasteiger partial charge in [-0.2, -0.15) is 4.31 Å². The van der Waals surface area contributed by atoms with E-state index in [4.69, 9.17) is 4.74 Å².